The molecular formula is C15H31NS. The lowest BCUT2D eigenvalue weighted by Crippen LogP contribution is -2.29. The number of rotatable bonds is 8. The Hall–Kier alpha value is 0.310. The van der Waals surface area contributed by atoms with Crippen LogP contribution in [0.3, 0.4) is 0 Å². The molecule has 1 unspecified atom stereocenters. The molecule has 1 rings (SSSR count). The van der Waals surface area contributed by atoms with Crippen molar-refractivity contribution in [2.75, 3.05) is 12.8 Å². The summed E-state index contributed by atoms with van der Waals surface area (Å²) >= 11 is 2.23. The van der Waals surface area contributed by atoms with Crippen LogP contribution in [-0.2, 0) is 0 Å². The Bertz CT molecular complexity index is 176. The van der Waals surface area contributed by atoms with E-state index in [9.17, 15) is 0 Å². The monoisotopic (exact) mass is 257 g/mol. The van der Waals surface area contributed by atoms with E-state index in [1.165, 1.54) is 57.1 Å². The SMILES string of the molecule is CNC(CCCC(C)C)CSC1CCCCC1. The minimum atomic E-state index is 0.737. The molecular weight excluding hydrogens is 226 g/mol. The molecule has 2 heteroatoms. The van der Waals surface area contributed by atoms with Crippen molar-refractivity contribution in [3.8, 4) is 0 Å². The Balaban J connectivity index is 2.08. The van der Waals surface area contributed by atoms with Gasteiger partial charge in [-0.3, -0.25) is 0 Å². The molecule has 0 amide bonds. The van der Waals surface area contributed by atoms with Gasteiger partial charge in [0.25, 0.3) is 0 Å². The lowest BCUT2D eigenvalue weighted by atomic mass is 10.0. The molecule has 1 aliphatic rings. The molecule has 0 saturated heterocycles. The van der Waals surface area contributed by atoms with Gasteiger partial charge in [0.2, 0.25) is 0 Å². The zero-order valence-corrected chi connectivity index (χ0v) is 12.8. The van der Waals surface area contributed by atoms with Crippen LogP contribution in [-0.4, -0.2) is 24.1 Å². The first-order valence-corrected chi connectivity index (χ1v) is 8.56. The maximum Gasteiger partial charge on any atom is 0.0155 e. The fourth-order valence-electron chi connectivity index (χ4n) is 2.57. The minimum absolute atomic E-state index is 0.737. The van der Waals surface area contributed by atoms with E-state index in [-0.39, 0.29) is 0 Å². The average Bonchev–Trinajstić information content (AvgIpc) is 2.34. The van der Waals surface area contributed by atoms with Crippen LogP contribution in [0.2, 0.25) is 0 Å². The maximum absolute atomic E-state index is 3.49. The van der Waals surface area contributed by atoms with E-state index in [1.54, 1.807) is 0 Å². The van der Waals surface area contributed by atoms with Crippen molar-refractivity contribution in [2.24, 2.45) is 5.92 Å². The first kappa shape index (κ1) is 15.4. The van der Waals surface area contributed by atoms with Crippen LogP contribution in [0.25, 0.3) is 0 Å². The van der Waals surface area contributed by atoms with Crippen LogP contribution in [0.4, 0.5) is 0 Å². The van der Waals surface area contributed by atoms with Crippen LogP contribution in [0.15, 0.2) is 0 Å². The summed E-state index contributed by atoms with van der Waals surface area (Å²) in [5, 5.41) is 4.46. The quantitative estimate of drug-likeness (QED) is 0.688. The van der Waals surface area contributed by atoms with E-state index < -0.39 is 0 Å². The molecule has 1 N–H and O–H groups in total. The topological polar surface area (TPSA) is 12.0 Å². The minimum Gasteiger partial charge on any atom is -0.316 e. The predicted octanol–water partition coefficient (Wildman–Crippen LogP) is 4.47. The van der Waals surface area contributed by atoms with Crippen molar-refractivity contribution < 1.29 is 0 Å². The number of hydrogen-bond donors (Lipinski definition) is 1. The third-order valence-electron chi connectivity index (χ3n) is 3.83. The van der Waals surface area contributed by atoms with Gasteiger partial charge in [0.15, 0.2) is 0 Å². The molecule has 1 atom stereocenters. The van der Waals surface area contributed by atoms with Crippen LogP contribution in [0.5, 0.6) is 0 Å². The van der Waals surface area contributed by atoms with E-state index in [0.29, 0.717) is 0 Å². The summed E-state index contributed by atoms with van der Waals surface area (Å²) in [6.45, 7) is 4.65. The normalized spacial score (nSPS) is 19.8. The molecule has 1 fully saturated rings. The molecule has 0 heterocycles. The summed E-state index contributed by atoms with van der Waals surface area (Å²) in [4.78, 5) is 0. The summed E-state index contributed by atoms with van der Waals surface area (Å²) < 4.78 is 0. The Morgan fingerprint density at radius 1 is 1.12 bits per heavy atom. The Kier molecular flexibility index (Phi) is 8.38. The third-order valence-corrected chi connectivity index (χ3v) is 5.37. The van der Waals surface area contributed by atoms with Gasteiger partial charge in [0, 0.05) is 17.0 Å². The highest BCUT2D eigenvalue weighted by molar-refractivity contribution is 7.99. The van der Waals surface area contributed by atoms with Gasteiger partial charge in [0.05, 0.1) is 0 Å². The van der Waals surface area contributed by atoms with E-state index >= 15 is 0 Å². The number of nitrogens with one attached hydrogen (secondary N) is 1. The second kappa shape index (κ2) is 9.27. The number of thioether (sulfide) groups is 1. The molecule has 0 aliphatic heterocycles. The lowest BCUT2D eigenvalue weighted by molar-refractivity contribution is 0.480. The zero-order valence-electron chi connectivity index (χ0n) is 12.0. The van der Waals surface area contributed by atoms with Crippen LogP contribution in [0.1, 0.15) is 65.2 Å². The van der Waals surface area contributed by atoms with Crippen LogP contribution >= 0.6 is 11.8 Å². The van der Waals surface area contributed by atoms with E-state index in [2.05, 4.69) is 38.0 Å². The van der Waals surface area contributed by atoms with Crippen molar-refractivity contribution in [3.05, 3.63) is 0 Å². The fraction of sp³-hybridized carbons (Fsp3) is 1.00. The molecule has 1 aliphatic carbocycles. The molecule has 1 nitrogen and oxygen atoms in total. The standard InChI is InChI=1S/C15H31NS/c1-13(2)8-7-9-14(16-3)12-17-15-10-5-4-6-11-15/h13-16H,4-12H2,1-3H3. The van der Waals surface area contributed by atoms with Crippen LogP contribution in [0, 0.1) is 5.92 Å². The van der Waals surface area contributed by atoms with Gasteiger partial charge in [-0.1, -0.05) is 46.0 Å². The summed E-state index contributed by atoms with van der Waals surface area (Å²) in [6, 6.07) is 0.737. The van der Waals surface area contributed by atoms with Gasteiger partial charge >= 0.3 is 0 Å². The second-order valence-electron chi connectivity index (χ2n) is 5.90. The Morgan fingerprint density at radius 2 is 1.82 bits per heavy atom. The number of hydrogen-bond acceptors (Lipinski definition) is 2. The van der Waals surface area contributed by atoms with E-state index in [1.807, 2.05) is 0 Å². The van der Waals surface area contributed by atoms with Gasteiger partial charge < -0.3 is 5.32 Å². The van der Waals surface area contributed by atoms with E-state index in [4.69, 9.17) is 0 Å². The maximum atomic E-state index is 3.49. The lowest BCUT2D eigenvalue weighted by Gasteiger charge is -2.24. The smallest absolute Gasteiger partial charge is 0.0155 e. The summed E-state index contributed by atoms with van der Waals surface area (Å²) in [6.07, 6.45) is 11.5. The van der Waals surface area contributed by atoms with E-state index in [0.717, 1.165) is 17.2 Å². The summed E-state index contributed by atoms with van der Waals surface area (Å²) in [5.74, 6) is 2.18. The zero-order chi connectivity index (χ0) is 12.5. The van der Waals surface area contributed by atoms with Gasteiger partial charge in [-0.05, 0) is 32.2 Å². The van der Waals surface area contributed by atoms with Gasteiger partial charge in [0.1, 0.15) is 0 Å². The predicted molar refractivity (Wildman–Crippen MR) is 80.9 cm³/mol. The highest BCUT2D eigenvalue weighted by Gasteiger charge is 2.15. The van der Waals surface area contributed by atoms with Gasteiger partial charge in [-0.25, -0.2) is 0 Å². The molecule has 0 radical (unpaired) electrons. The molecule has 17 heavy (non-hydrogen) atoms. The molecule has 0 spiro atoms. The van der Waals surface area contributed by atoms with Crippen molar-refractivity contribution >= 4 is 11.8 Å². The Morgan fingerprint density at radius 3 is 2.41 bits per heavy atom. The van der Waals surface area contributed by atoms with Gasteiger partial charge in [-0.15, -0.1) is 0 Å². The van der Waals surface area contributed by atoms with Gasteiger partial charge in [-0.2, -0.15) is 11.8 Å². The second-order valence-corrected chi connectivity index (χ2v) is 7.24. The first-order chi connectivity index (χ1) is 8.22. The van der Waals surface area contributed by atoms with Crippen molar-refractivity contribution in [2.45, 2.75) is 76.5 Å². The van der Waals surface area contributed by atoms with Crippen molar-refractivity contribution in [1.82, 2.24) is 5.32 Å². The molecule has 0 bridgehead atoms. The van der Waals surface area contributed by atoms with Crippen LogP contribution < -0.4 is 5.32 Å². The fourth-order valence-corrected chi connectivity index (χ4v) is 4.07. The molecule has 102 valence electrons. The first-order valence-electron chi connectivity index (χ1n) is 7.51. The summed E-state index contributed by atoms with van der Waals surface area (Å²) in [5.41, 5.74) is 0. The largest absolute Gasteiger partial charge is 0.316 e. The molecule has 0 aromatic carbocycles. The Labute approximate surface area is 113 Å². The van der Waals surface area contributed by atoms with Crippen molar-refractivity contribution in [1.29, 1.82) is 0 Å². The average molecular weight is 257 g/mol. The highest BCUT2D eigenvalue weighted by Crippen LogP contribution is 2.29. The highest BCUT2D eigenvalue weighted by atomic mass is 32.2. The molecule has 0 aromatic rings. The van der Waals surface area contributed by atoms with Crippen molar-refractivity contribution in [3.63, 3.8) is 0 Å². The third kappa shape index (κ3) is 7.35. The summed E-state index contributed by atoms with van der Waals surface area (Å²) in [7, 11) is 2.13. The molecule has 0 aromatic heterocycles. The molecule has 1 saturated carbocycles.